The largest absolute Gasteiger partial charge is 0.309 e. The van der Waals surface area contributed by atoms with Crippen LogP contribution in [0.25, 0.3) is 104 Å². The molecule has 0 amide bonds. The molecule has 11 rings (SSSR count). The van der Waals surface area contributed by atoms with Gasteiger partial charge in [-0.3, -0.25) is 0 Å². The van der Waals surface area contributed by atoms with Gasteiger partial charge in [0.15, 0.2) is 17.5 Å². The van der Waals surface area contributed by atoms with Crippen LogP contribution >= 0.6 is 11.3 Å². The Morgan fingerprint density at radius 2 is 1.02 bits per heavy atom. The van der Waals surface area contributed by atoms with Crippen molar-refractivity contribution < 1.29 is 0 Å². The van der Waals surface area contributed by atoms with Gasteiger partial charge in [0.1, 0.15) is 0 Å². The normalized spacial score (nSPS) is 11.7. The van der Waals surface area contributed by atoms with Crippen LogP contribution in [0.5, 0.6) is 0 Å². The van der Waals surface area contributed by atoms with E-state index in [4.69, 9.17) is 15.0 Å². The Bertz CT molecular complexity index is 3210. The molecule has 0 aliphatic heterocycles. The van der Waals surface area contributed by atoms with Gasteiger partial charge in [-0.05, 0) is 58.3 Å². The van der Waals surface area contributed by atoms with E-state index in [1.54, 1.807) is 11.3 Å². The first-order chi connectivity index (χ1) is 26.8. The zero-order chi connectivity index (χ0) is 35.6. The molecule has 4 nitrogen and oxygen atoms in total. The van der Waals surface area contributed by atoms with Gasteiger partial charge in [0.25, 0.3) is 0 Å². The maximum Gasteiger partial charge on any atom is 0.165 e. The molecule has 0 fully saturated rings. The molecule has 8 aromatic carbocycles. The average Bonchev–Trinajstić information content (AvgIpc) is 3.80. The van der Waals surface area contributed by atoms with E-state index in [0.29, 0.717) is 17.5 Å². The van der Waals surface area contributed by atoms with Crippen molar-refractivity contribution in [1.82, 2.24) is 19.5 Å². The molecule has 0 atom stereocenters. The predicted octanol–water partition coefficient (Wildman–Crippen LogP) is 13.2. The summed E-state index contributed by atoms with van der Waals surface area (Å²) in [4.78, 5) is 15.2. The first-order valence-corrected chi connectivity index (χ1v) is 18.9. The van der Waals surface area contributed by atoms with E-state index < -0.39 is 0 Å². The zero-order valence-corrected chi connectivity index (χ0v) is 29.8. The van der Waals surface area contributed by atoms with Crippen LogP contribution in [0, 0.1) is 0 Å². The number of nitrogens with zero attached hydrogens (tertiary/aromatic N) is 4. The monoisotopic (exact) mass is 706 g/mol. The van der Waals surface area contributed by atoms with Crippen molar-refractivity contribution in [3.05, 3.63) is 182 Å². The molecule has 0 aliphatic rings. The topological polar surface area (TPSA) is 43.6 Å². The minimum absolute atomic E-state index is 0.648. The Morgan fingerprint density at radius 3 is 1.87 bits per heavy atom. The first-order valence-electron chi connectivity index (χ1n) is 18.1. The SMILES string of the molecule is c1ccc(-c2nc(-c3ccc(-c4cccc(-n5c6ccccc6c6c7ccccc7ccc65)c4)cc3)nc(-c3cccc4c3sc3ccccc34)n2)cc1. The highest BCUT2D eigenvalue weighted by Crippen LogP contribution is 2.40. The summed E-state index contributed by atoms with van der Waals surface area (Å²) in [6, 6.07) is 64.4. The fraction of sp³-hybridized carbons (Fsp3) is 0. The summed E-state index contributed by atoms with van der Waals surface area (Å²) in [5, 5.41) is 7.54. The summed E-state index contributed by atoms with van der Waals surface area (Å²) in [6.07, 6.45) is 0. The third kappa shape index (κ3) is 4.94. The fourth-order valence-electron chi connectivity index (χ4n) is 7.92. The molecule has 252 valence electrons. The Hall–Kier alpha value is -6.95. The van der Waals surface area contributed by atoms with Crippen molar-refractivity contribution in [2.45, 2.75) is 0 Å². The molecule has 5 heteroatoms. The minimum atomic E-state index is 0.648. The summed E-state index contributed by atoms with van der Waals surface area (Å²) < 4.78 is 4.83. The number of rotatable bonds is 5. The van der Waals surface area contributed by atoms with Gasteiger partial charge in [0.2, 0.25) is 0 Å². The highest BCUT2D eigenvalue weighted by atomic mass is 32.1. The second-order valence-electron chi connectivity index (χ2n) is 13.6. The number of para-hydroxylation sites is 1. The van der Waals surface area contributed by atoms with Gasteiger partial charge in [0, 0.05) is 53.3 Å². The average molecular weight is 707 g/mol. The van der Waals surface area contributed by atoms with Crippen LogP contribution in [0.4, 0.5) is 0 Å². The fourth-order valence-corrected chi connectivity index (χ4v) is 9.13. The van der Waals surface area contributed by atoms with E-state index in [1.165, 1.54) is 52.8 Å². The van der Waals surface area contributed by atoms with E-state index in [9.17, 15) is 0 Å². The Labute approximate surface area is 315 Å². The molecule has 0 unspecified atom stereocenters. The van der Waals surface area contributed by atoms with Crippen molar-refractivity contribution in [3.63, 3.8) is 0 Å². The lowest BCUT2D eigenvalue weighted by atomic mass is 10.0. The van der Waals surface area contributed by atoms with Gasteiger partial charge >= 0.3 is 0 Å². The Kier molecular flexibility index (Phi) is 7.00. The quantitative estimate of drug-likeness (QED) is 0.179. The Morgan fingerprint density at radius 1 is 0.389 bits per heavy atom. The molecule has 54 heavy (non-hydrogen) atoms. The van der Waals surface area contributed by atoms with Gasteiger partial charge in [-0.1, -0.05) is 146 Å². The molecular weight excluding hydrogens is 677 g/mol. The van der Waals surface area contributed by atoms with E-state index >= 15 is 0 Å². The van der Waals surface area contributed by atoms with Gasteiger partial charge in [-0.15, -0.1) is 11.3 Å². The van der Waals surface area contributed by atoms with Crippen LogP contribution in [0.1, 0.15) is 0 Å². The lowest BCUT2D eigenvalue weighted by Gasteiger charge is -2.12. The summed E-state index contributed by atoms with van der Waals surface area (Å²) >= 11 is 1.79. The van der Waals surface area contributed by atoms with Crippen LogP contribution in [0.15, 0.2) is 182 Å². The lowest BCUT2D eigenvalue weighted by molar-refractivity contribution is 1.08. The van der Waals surface area contributed by atoms with Gasteiger partial charge in [-0.25, -0.2) is 15.0 Å². The highest BCUT2D eigenvalue weighted by Gasteiger charge is 2.18. The highest BCUT2D eigenvalue weighted by molar-refractivity contribution is 7.26. The second kappa shape index (κ2) is 12.3. The molecule has 3 aromatic heterocycles. The number of fused-ring (bicyclic) bond motifs is 8. The summed E-state index contributed by atoms with van der Waals surface area (Å²) in [5.41, 5.74) is 8.70. The molecule has 0 spiro atoms. The number of aromatic nitrogens is 4. The lowest BCUT2D eigenvalue weighted by Crippen LogP contribution is -2.00. The zero-order valence-electron chi connectivity index (χ0n) is 29.0. The number of hydrogen-bond acceptors (Lipinski definition) is 4. The van der Waals surface area contributed by atoms with Crippen molar-refractivity contribution in [2.75, 3.05) is 0 Å². The number of benzene rings is 8. The summed E-state index contributed by atoms with van der Waals surface area (Å²) in [7, 11) is 0. The Balaban J connectivity index is 1.02. The van der Waals surface area contributed by atoms with Crippen LogP contribution in [-0.4, -0.2) is 19.5 Å². The molecular formula is C49H30N4S. The van der Waals surface area contributed by atoms with Gasteiger partial charge < -0.3 is 4.57 Å². The molecule has 0 saturated heterocycles. The smallest absolute Gasteiger partial charge is 0.165 e. The van der Waals surface area contributed by atoms with Gasteiger partial charge in [-0.2, -0.15) is 0 Å². The van der Waals surface area contributed by atoms with E-state index in [1.807, 2.05) is 18.2 Å². The predicted molar refractivity (Wildman–Crippen MR) is 226 cm³/mol. The molecule has 3 heterocycles. The van der Waals surface area contributed by atoms with E-state index in [0.717, 1.165) is 33.5 Å². The number of hydrogen-bond donors (Lipinski definition) is 0. The van der Waals surface area contributed by atoms with E-state index in [-0.39, 0.29) is 0 Å². The first kappa shape index (κ1) is 30.7. The molecule has 0 bridgehead atoms. The second-order valence-corrected chi connectivity index (χ2v) is 14.7. The van der Waals surface area contributed by atoms with Crippen molar-refractivity contribution >= 4 is 64.1 Å². The third-order valence-corrected chi connectivity index (χ3v) is 11.7. The number of thiophene rings is 1. The molecule has 11 aromatic rings. The maximum absolute atomic E-state index is 5.13. The van der Waals surface area contributed by atoms with Crippen LogP contribution < -0.4 is 0 Å². The van der Waals surface area contributed by atoms with Crippen LogP contribution in [0.2, 0.25) is 0 Å². The van der Waals surface area contributed by atoms with Crippen molar-refractivity contribution in [3.8, 4) is 51.0 Å². The molecule has 0 aliphatic carbocycles. The van der Waals surface area contributed by atoms with Gasteiger partial charge in [0.05, 0.1) is 11.0 Å². The summed E-state index contributed by atoms with van der Waals surface area (Å²) in [5.74, 6) is 1.98. The molecule has 0 N–H and O–H groups in total. The minimum Gasteiger partial charge on any atom is -0.309 e. The van der Waals surface area contributed by atoms with Crippen molar-refractivity contribution in [2.24, 2.45) is 0 Å². The maximum atomic E-state index is 5.13. The van der Waals surface area contributed by atoms with E-state index in [2.05, 4.69) is 168 Å². The van der Waals surface area contributed by atoms with Crippen LogP contribution in [-0.2, 0) is 0 Å². The van der Waals surface area contributed by atoms with Crippen LogP contribution in [0.3, 0.4) is 0 Å². The standard InChI is InChI=1S/C49H30N4S/c1-2-13-33(14-3-1)47-50-48(52-49(51-47)41-21-11-20-39-38-18-7-9-23-44(38)54-46(39)41)34-26-24-31(25-27-34)35-15-10-16-36(30-35)53-42-22-8-6-19-40(42)45-37-17-5-4-12-32(37)28-29-43(45)53/h1-30H. The van der Waals surface area contributed by atoms with Crippen molar-refractivity contribution in [1.29, 1.82) is 0 Å². The molecule has 0 saturated carbocycles. The molecule has 0 radical (unpaired) electrons. The third-order valence-electron chi connectivity index (χ3n) is 10.5. The summed E-state index contributed by atoms with van der Waals surface area (Å²) in [6.45, 7) is 0.